The van der Waals surface area contributed by atoms with E-state index in [2.05, 4.69) is 41.4 Å². The molecule has 1 fully saturated rings. The molecule has 1 aliphatic carbocycles. The molecule has 0 aromatic carbocycles. The third-order valence-corrected chi connectivity index (χ3v) is 5.01. The highest BCUT2D eigenvalue weighted by atomic mass is 16.6. The number of alkyl carbamates (subject to hydrolysis) is 1. The third-order valence-electron chi connectivity index (χ3n) is 5.01. The molecule has 2 unspecified atom stereocenters. The van der Waals surface area contributed by atoms with Crippen LogP contribution in [0.5, 0.6) is 0 Å². The van der Waals surface area contributed by atoms with Gasteiger partial charge in [-0.1, -0.05) is 0 Å². The summed E-state index contributed by atoms with van der Waals surface area (Å²) < 4.78 is 5.37. The van der Waals surface area contributed by atoms with Gasteiger partial charge in [-0.2, -0.15) is 5.26 Å². The van der Waals surface area contributed by atoms with Crippen molar-refractivity contribution in [1.29, 1.82) is 5.26 Å². The van der Waals surface area contributed by atoms with Gasteiger partial charge in [0.2, 0.25) is 0 Å². The number of nitrogens with zero attached hydrogens (tertiary/aromatic N) is 5. The maximum atomic E-state index is 12.4. The maximum absolute atomic E-state index is 12.4. The molecule has 3 rings (SSSR count). The van der Waals surface area contributed by atoms with Crippen LogP contribution in [0, 0.1) is 11.3 Å². The molecule has 2 heterocycles. The highest BCUT2D eigenvalue weighted by Gasteiger charge is 2.27. The number of carbonyl (C=O) groups is 2. The van der Waals surface area contributed by atoms with Gasteiger partial charge in [0.25, 0.3) is 5.91 Å². The van der Waals surface area contributed by atoms with Gasteiger partial charge in [-0.25, -0.2) is 14.8 Å². The monoisotopic (exact) mass is 467 g/mol. The Labute approximate surface area is 197 Å². The molecule has 0 spiro atoms. The molecule has 0 aliphatic heterocycles. The number of rotatable bonds is 6. The Morgan fingerprint density at radius 3 is 2.53 bits per heavy atom. The standard InChI is InChI=1S/C22H29N9O3/c1-22(2,3)34-21(33)28-14-7-5-6-13(8-14)27-16-9-17(30-31-19(16)20(32)24-4)29-18-12-25-15(10-23)11-26-18/h9,11-14H,5-8H2,1-4H3,(H,24,32)(H,28,33)(H2,26,27,29,30). The predicted molar refractivity (Wildman–Crippen MR) is 124 cm³/mol. The number of hydrogen-bond acceptors (Lipinski definition) is 10. The van der Waals surface area contributed by atoms with Crippen LogP contribution in [0.4, 0.5) is 22.1 Å². The number of hydrogen-bond donors (Lipinski definition) is 4. The van der Waals surface area contributed by atoms with Crippen LogP contribution in [0.1, 0.15) is 62.6 Å². The number of carbonyl (C=O) groups excluding carboxylic acids is 2. The highest BCUT2D eigenvalue weighted by molar-refractivity contribution is 5.97. The molecule has 1 aliphatic rings. The topological polar surface area (TPSA) is 167 Å². The summed E-state index contributed by atoms with van der Waals surface area (Å²) in [4.78, 5) is 32.6. The van der Waals surface area contributed by atoms with Crippen LogP contribution in [0.15, 0.2) is 18.5 Å². The van der Waals surface area contributed by atoms with Crippen molar-refractivity contribution in [3.05, 3.63) is 29.8 Å². The number of amides is 2. The zero-order valence-electron chi connectivity index (χ0n) is 19.7. The first kappa shape index (κ1) is 24.6. The van der Waals surface area contributed by atoms with E-state index in [1.54, 1.807) is 6.07 Å². The van der Waals surface area contributed by atoms with E-state index < -0.39 is 11.7 Å². The molecular formula is C22H29N9O3. The first-order chi connectivity index (χ1) is 16.2. The molecule has 34 heavy (non-hydrogen) atoms. The first-order valence-electron chi connectivity index (χ1n) is 11.0. The molecule has 0 bridgehead atoms. The van der Waals surface area contributed by atoms with Crippen LogP contribution >= 0.6 is 0 Å². The van der Waals surface area contributed by atoms with Crippen LogP contribution in [-0.2, 0) is 4.74 Å². The van der Waals surface area contributed by atoms with Gasteiger partial charge in [0.05, 0.1) is 18.1 Å². The molecule has 12 heteroatoms. The lowest BCUT2D eigenvalue weighted by Gasteiger charge is -2.32. The normalized spacial score (nSPS) is 17.7. The minimum absolute atomic E-state index is 0.00356. The van der Waals surface area contributed by atoms with Gasteiger partial charge in [0, 0.05) is 25.2 Å². The summed E-state index contributed by atoms with van der Waals surface area (Å²) in [6.07, 6.45) is 5.59. The second-order valence-corrected chi connectivity index (χ2v) is 8.95. The second-order valence-electron chi connectivity index (χ2n) is 8.95. The highest BCUT2D eigenvalue weighted by Crippen LogP contribution is 2.26. The zero-order valence-corrected chi connectivity index (χ0v) is 19.7. The number of aromatic nitrogens is 4. The summed E-state index contributed by atoms with van der Waals surface area (Å²) in [6, 6.07) is 3.53. The van der Waals surface area contributed by atoms with Crippen molar-refractivity contribution < 1.29 is 14.3 Å². The van der Waals surface area contributed by atoms with E-state index in [0.717, 1.165) is 19.3 Å². The number of nitriles is 1. The van der Waals surface area contributed by atoms with Crippen molar-refractivity contribution in [3.63, 3.8) is 0 Å². The minimum atomic E-state index is -0.565. The zero-order chi connectivity index (χ0) is 24.7. The minimum Gasteiger partial charge on any atom is -0.444 e. The van der Waals surface area contributed by atoms with Crippen molar-refractivity contribution in [3.8, 4) is 6.07 Å². The van der Waals surface area contributed by atoms with Gasteiger partial charge in [0.15, 0.2) is 17.2 Å². The van der Waals surface area contributed by atoms with Crippen LogP contribution < -0.4 is 21.3 Å². The Hall–Kier alpha value is -4.01. The number of anilines is 3. The van der Waals surface area contributed by atoms with Crippen molar-refractivity contribution in [2.45, 2.75) is 64.1 Å². The van der Waals surface area contributed by atoms with Crippen LogP contribution in [0.3, 0.4) is 0 Å². The van der Waals surface area contributed by atoms with Gasteiger partial charge >= 0.3 is 6.09 Å². The summed E-state index contributed by atoms with van der Waals surface area (Å²) in [5.41, 5.74) is 0.285. The maximum Gasteiger partial charge on any atom is 0.407 e. The lowest BCUT2D eigenvalue weighted by molar-refractivity contribution is 0.0492. The molecule has 180 valence electrons. The molecule has 12 nitrogen and oxygen atoms in total. The van der Waals surface area contributed by atoms with Gasteiger partial charge in [0.1, 0.15) is 17.5 Å². The fourth-order valence-corrected chi connectivity index (χ4v) is 3.58. The molecular weight excluding hydrogens is 438 g/mol. The van der Waals surface area contributed by atoms with Crippen LogP contribution in [0.25, 0.3) is 0 Å². The third kappa shape index (κ3) is 6.99. The summed E-state index contributed by atoms with van der Waals surface area (Å²) in [7, 11) is 1.52. The quantitative estimate of drug-likeness (QED) is 0.495. The molecule has 0 radical (unpaired) electrons. The molecule has 2 amide bonds. The van der Waals surface area contributed by atoms with E-state index in [-0.39, 0.29) is 29.4 Å². The number of nitrogens with one attached hydrogen (secondary N) is 4. The lowest BCUT2D eigenvalue weighted by atomic mass is 9.91. The summed E-state index contributed by atoms with van der Waals surface area (Å²) in [5, 5.41) is 28.9. The van der Waals surface area contributed by atoms with E-state index in [9.17, 15) is 9.59 Å². The van der Waals surface area contributed by atoms with Crippen molar-refractivity contribution in [2.75, 3.05) is 17.7 Å². The van der Waals surface area contributed by atoms with E-state index in [1.807, 2.05) is 26.8 Å². The summed E-state index contributed by atoms with van der Waals surface area (Å²) in [6.45, 7) is 5.47. The fourth-order valence-electron chi connectivity index (χ4n) is 3.58. The van der Waals surface area contributed by atoms with Crippen LogP contribution in [0.2, 0.25) is 0 Å². The van der Waals surface area contributed by atoms with Gasteiger partial charge < -0.3 is 26.0 Å². The molecule has 1 saturated carbocycles. The smallest absolute Gasteiger partial charge is 0.407 e. The molecule has 2 aromatic rings. The largest absolute Gasteiger partial charge is 0.444 e. The lowest BCUT2D eigenvalue weighted by Crippen LogP contribution is -2.44. The molecule has 4 N–H and O–H groups in total. The van der Waals surface area contributed by atoms with E-state index in [1.165, 1.54) is 19.4 Å². The van der Waals surface area contributed by atoms with Gasteiger partial charge in [-0.3, -0.25) is 4.79 Å². The Balaban J connectivity index is 1.73. The molecule has 2 atom stereocenters. The van der Waals surface area contributed by atoms with Crippen LogP contribution in [-0.4, -0.2) is 56.9 Å². The Kier molecular flexibility index (Phi) is 7.78. The van der Waals surface area contributed by atoms with E-state index in [0.29, 0.717) is 23.7 Å². The first-order valence-corrected chi connectivity index (χ1v) is 11.0. The van der Waals surface area contributed by atoms with Crippen molar-refractivity contribution in [1.82, 2.24) is 30.8 Å². The van der Waals surface area contributed by atoms with E-state index >= 15 is 0 Å². The van der Waals surface area contributed by atoms with Crippen molar-refractivity contribution >= 4 is 29.3 Å². The predicted octanol–water partition coefficient (Wildman–Crippen LogP) is 2.49. The van der Waals surface area contributed by atoms with E-state index in [4.69, 9.17) is 10.00 Å². The summed E-state index contributed by atoms with van der Waals surface area (Å²) >= 11 is 0. The fraction of sp³-hybridized carbons (Fsp3) is 0.500. The second kappa shape index (κ2) is 10.7. The number of ether oxygens (including phenoxy) is 1. The molecule has 2 aromatic heterocycles. The Bertz CT molecular complexity index is 1060. The van der Waals surface area contributed by atoms with Gasteiger partial charge in [-0.05, 0) is 46.5 Å². The van der Waals surface area contributed by atoms with Crippen molar-refractivity contribution in [2.24, 2.45) is 0 Å². The summed E-state index contributed by atoms with van der Waals surface area (Å²) in [5.74, 6) is 0.360. The Morgan fingerprint density at radius 2 is 1.88 bits per heavy atom. The van der Waals surface area contributed by atoms with Gasteiger partial charge in [-0.15, -0.1) is 10.2 Å². The Morgan fingerprint density at radius 1 is 1.12 bits per heavy atom. The average Bonchev–Trinajstić information content (AvgIpc) is 2.78. The average molecular weight is 468 g/mol. The molecule has 0 saturated heterocycles. The SMILES string of the molecule is CNC(=O)c1nnc(Nc2cnc(C#N)cn2)cc1NC1CCCC(NC(=O)OC(C)(C)C)C1.